The predicted octanol–water partition coefficient (Wildman–Crippen LogP) is 6.35. The van der Waals surface area contributed by atoms with Gasteiger partial charge >= 0.3 is 0 Å². The SMILES string of the molecule is CCCCCCCCCc1ccc(-c2ccc(C)cc2)nc1. The van der Waals surface area contributed by atoms with Crippen LogP contribution in [0.15, 0.2) is 42.6 Å². The van der Waals surface area contributed by atoms with E-state index in [4.69, 9.17) is 0 Å². The Balaban J connectivity index is 1.74. The lowest BCUT2D eigenvalue weighted by Gasteiger charge is -2.05. The van der Waals surface area contributed by atoms with Gasteiger partial charge in [-0.25, -0.2) is 0 Å². The first-order chi connectivity index (χ1) is 10.8. The minimum Gasteiger partial charge on any atom is -0.256 e. The third-order valence-corrected chi connectivity index (χ3v) is 4.24. The zero-order valence-electron chi connectivity index (χ0n) is 14.1. The molecule has 118 valence electrons. The molecule has 0 N–H and O–H groups in total. The minimum absolute atomic E-state index is 1.07. The van der Waals surface area contributed by atoms with E-state index in [1.807, 2.05) is 6.20 Å². The maximum Gasteiger partial charge on any atom is 0.0702 e. The molecule has 0 saturated heterocycles. The summed E-state index contributed by atoms with van der Waals surface area (Å²) >= 11 is 0. The van der Waals surface area contributed by atoms with Crippen LogP contribution in [0.5, 0.6) is 0 Å². The van der Waals surface area contributed by atoms with Crippen molar-refractivity contribution in [2.75, 3.05) is 0 Å². The Kier molecular flexibility index (Phi) is 7.15. The van der Waals surface area contributed by atoms with Crippen LogP contribution < -0.4 is 0 Å². The highest BCUT2D eigenvalue weighted by atomic mass is 14.7. The highest BCUT2D eigenvalue weighted by molar-refractivity contribution is 5.59. The summed E-state index contributed by atoms with van der Waals surface area (Å²) in [6.45, 7) is 4.38. The molecule has 0 amide bonds. The number of nitrogens with zero attached hydrogens (tertiary/aromatic N) is 1. The van der Waals surface area contributed by atoms with Gasteiger partial charge in [-0.2, -0.15) is 0 Å². The van der Waals surface area contributed by atoms with Gasteiger partial charge in [0.15, 0.2) is 0 Å². The average molecular weight is 295 g/mol. The Morgan fingerprint density at radius 2 is 1.45 bits per heavy atom. The van der Waals surface area contributed by atoms with Gasteiger partial charge in [-0.3, -0.25) is 4.98 Å². The molecule has 2 rings (SSSR count). The van der Waals surface area contributed by atoms with Gasteiger partial charge in [0, 0.05) is 11.8 Å². The van der Waals surface area contributed by atoms with E-state index >= 15 is 0 Å². The summed E-state index contributed by atoms with van der Waals surface area (Å²) in [5.74, 6) is 0. The third-order valence-electron chi connectivity index (χ3n) is 4.24. The molecular formula is C21H29N. The quantitative estimate of drug-likeness (QED) is 0.491. The summed E-state index contributed by atoms with van der Waals surface area (Å²) in [5, 5.41) is 0. The van der Waals surface area contributed by atoms with E-state index in [0.29, 0.717) is 0 Å². The van der Waals surface area contributed by atoms with Gasteiger partial charge < -0.3 is 0 Å². The first kappa shape index (κ1) is 16.7. The number of benzene rings is 1. The van der Waals surface area contributed by atoms with E-state index in [2.05, 4.69) is 55.2 Å². The molecule has 0 fully saturated rings. The monoisotopic (exact) mass is 295 g/mol. The van der Waals surface area contributed by atoms with E-state index < -0.39 is 0 Å². The van der Waals surface area contributed by atoms with Crippen LogP contribution in [0.1, 0.15) is 63.0 Å². The largest absolute Gasteiger partial charge is 0.256 e. The lowest BCUT2D eigenvalue weighted by molar-refractivity contribution is 0.589. The lowest BCUT2D eigenvalue weighted by Crippen LogP contribution is -1.90. The second-order valence-electron chi connectivity index (χ2n) is 6.29. The fourth-order valence-corrected chi connectivity index (χ4v) is 2.75. The van der Waals surface area contributed by atoms with Crippen molar-refractivity contribution >= 4 is 0 Å². The molecule has 1 nitrogen and oxygen atoms in total. The summed E-state index contributed by atoms with van der Waals surface area (Å²) in [6.07, 6.45) is 12.8. The molecular weight excluding hydrogens is 266 g/mol. The zero-order chi connectivity index (χ0) is 15.6. The van der Waals surface area contributed by atoms with E-state index in [0.717, 1.165) is 12.1 Å². The Bertz CT molecular complexity index is 525. The molecule has 0 aliphatic rings. The van der Waals surface area contributed by atoms with Crippen molar-refractivity contribution in [3.8, 4) is 11.3 Å². The van der Waals surface area contributed by atoms with Crippen LogP contribution in [-0.2, 0) is 6.42 Å². The van der Waals surface area contributed by atoms with E-state index in [-0.39, 0.29) is 0 Å². The minimum atomic E-state index is 1.07. The van der Waals surface area contributed by atoms with Gasteiger partial charge in [-0.15, -0.1) is 0 Å². The van der Waals surface area contributed by atoms with Crippen molar-refractivity contribution < 1.29 is 0 Å². The maximum atomic E-state index is 4.62. The lowest BCUT2D eigenvalue weighted by atomic mass is 10.0. The summed E-state index contributed by atoms with van der Waals surface area (Å²) in [4.78, 5) is 4.62. The van der Waals surface area contributed by atoms with Gasteiger partial charge in [0.1, 0.15) is 0 Å². The molecule has 22 heavy (non-hydrogen) atoms. The highest BCUT2D eigenvalue weighted by Crippen LogP contribution is 2.18. The molecule has 0 aliphatic carbocycles. The maximum absolute atomic E-state index is 4.62. The zero-order valence-corrected chi connectivity index (χ0v) is 14.1. The normalized spacial score (nSPS) is 10.8. The van der Waals surface area contributed by atoms with Crippen molar-refractivity contribution in [2.24, 2.45) is 0 Å². The van der Waals surface area contributed by atoms with Crippen molar-refractivity contribution in [1.29, 1.82) is 0 Å². The van der Waals surface area contributed by atoms with Crippen LogP contribution in [-0.4, -0.2) is 4.98 Å². The number of hydrogen-bond acceptors (Lipinski definition) is 1. The second kappa shape index (κ2) is 9.40. The van der Waals surface area contributed by atoms with Gasteiger partial charge in [0.25, 0.3) is 0 Å². The highest BCUT2D eigenvalue weighted by Gasteiger charge is 2.00. The van der Waals surface area contributed by atoms with E-state index in [1.165, 1.54) is 61.6 Å². The van der Waals surface area contributed by atoms with Crippen LogP contribution in [0, 0.1) is 6.92 Å². The van der Waals surface area contributed by atoms with Crippen molar-refractivity contribution in [3.05, 3.63) is 53.7 Å². The molecule has 1 heterocycles. The first-order valence-corrected chi connectivity index (χ1v) is 8.81. The Morgan fingerprint density at radius 1 is 0.773 bits per heavy atom. The van der Waals surface area contributed by atoms with Crippen molar-refractivity contribution in [3.63, 3.8) is 0 Å². The van der Waals surface area contributed by atoms with Crippen LogP contribution in [0.25, 0.3) is 11.3 Å². The molecule has 2 aromatic rings. The summed E-state index contributed by atoms with van der Waals surface area (Å²) < 4.78 is 0. The Morgan fingerprint density at radius 3 is 2.09 bits per heavy atom. The topological polar surface area (TPSA) is 12.9 Å². The molecule has 1 heteroatoms. The molecule has 0 spiro atoms. The molecule has 1 aromatic carbocycles. The van der Waals surface area contributed by atoms with Gasteiger partial charge in [0.05, 0.1) is 5.69 Å². The number of pyridine rings is 1. The summed E-state index contributed by atoms with van der Waals surface area (Å²) in [6, 6.07) is 13.0. The summed E-state index contributed by atoms with van der Waals surface area (Å²) in [7, 11) is 0. The van der Waals surface area contributed by atoms with Crippen LogP contribution in [0.2, 0.25) is 0 Å². The third kappa shape index (κ3) is 5.63. The fourth-order valence-electron chi connectivity index (χ4n) is 2.75. The van der Waals surface area contributed by atoms with Gasteiger partial charge in [0.2, 0.25) is 0 Å². The van der Waals surface area contributed by atoms with Crippen molar-refractivity contribution in [2.45, 2.75) is 65.2 Å². The fraction of sp³-hybridized carbons (Fsp3) is 0.476. The second-order valence-corrected chi connectivity index (χ2v) is 6.29. The molecule has 0 saturated carbocycles. The Labute approximate surface area is 135 Å². The van der Waals surface area contributed by atoms with Gasteiger partial charge in [-0.05, 0) is 31.4 Å². The van der Waals surface area contributed by atoms with E-state index in [1.54, 1.807) is 0 Å². The predicted molar refractivity (Wildman–Crippen MR) is 96.1 cm³/mol. The molecule has 0 radical (unpaired) electrons. The van der Waals surface area contributed by atoms with Crippen LogP contribution >= 0.6 is 0 Å². The molecule has 0 aliphatic heterocycles. The standard InChI is InChI=1S/C21H29N/c1-3-4-5-6-7-8-9-10-19-13-16-21(22-17-19)20-14-11-18(2)12-15-20/h11-17H,3-10H2,1-2H3. The smallest absolute Gasteiger partial charge is 0.0702 e. The van der Waals surface area contributed by atoms with Gasteiger partial charge in [-0.1, -0.05) is 81.3 Å². The number of aryl methyl sites for hydroxylation is 2. The van der Waals surface area contributed by atoms with Crippen LogP contribution in [0.3, 0.4) is 0 Å². The molecule has 0 bridgehead atoms. The number of aromatic nitrogens is 1. The molecule has 0 unspecified atom stereocenters. The number of rotatable bonds is 9. The molecule has 1 aromatic heterocycles. The average Bonchev–Trinajstić information content (AvgIpc) is 2.55. The number of unbranched alkanes of at least 4 members (excludes halogenated alkanes) is 6. The summed E-state index contributed by atoms with van der Waals surface area (Å²) in [5.41, 5.74) is 4.93. The van der Waals surface area contributed by atoms with Crippen molar-refractivity contribution in [1.82, 2.24) is 4.98 Å². The van der Waals surface area contributed by atoms with Crippen LogP contribution in [0.4, 0.5) is 0 Å². The van der Waals surface area contributed by atoms with E-state index in [9.17, 15) is 0 Å². The number of hydrogen-bond donors (Lipinski definition) is 0. The molecule has 0 atom stereocenters. The Hall–Kier alpha value is -1.63. The first-order valence-electron chi connectivity index (χ1n) is 8.81.